The third-order valence-electron chi connectivity index (χ3n) is 10.8. The third kappa shape index (κ3) is 43.5. The lowest BCUT2D eigenvalue weighted by atomic mass is 10.0. The van der Waals surface area contributed by atoms with Crippen LogP contribution in [0.4, 0.5) is 0 Å². The molecule has 0 aromatic rings. The summed E-state index contributed by atoms with van der Waals surface area (Å²) >= 11 is 0. The first kappa shape index (κ1) is 51.1. The second kappa shape index (κ2) is 46.3. The fourth-order valence-corrected chi connectivity index (χ4v) is 7.27. The number of esters is 1. The normalized spacial score (nSPS) is 12.3. The molecule has 4 heteroatoms. The van der Waals surface area contributed by atoms with E-state index in [2.05, 4.69) is 26.0 Å². The van der Waals surface area contributed by atoms with Crippen molar-refractivity contribution in [1.82, 2.24) is 0 Å². The van der Waals surface area contributed by atoms with Crippen molar-refractivity contribution in [3.05, 3.63) is 12.2 Å². The van der Waals surface area contributed by atoms with Gasteiger partial charge in [-0.25, -0.2) is 0 Å². The standard InChI is InChI=1S/C48H94O4/c1-3-5-7-9-11-13-15-17-19-21-23-24-25-27-29-31-33-35-37-39-41-43-48(50)52-47(45-49)46-51-44-42-40-38-36-34-32-30-28-26-22-20-18-16-14-12-10-8-6-4-2/h20,22,47,49H,3-19,21,23-46H2,1-2H3/b22-20-. The first-order valence-electron chi connectivity index (χ1n) is 23.8. The van der Waals surface area contributed by atoms with Crippen LogP contribution in [0.2, 0.25) is 0 Å². The van der Waals surface area contributed by atoms with E-state index >= 15 is 0 Å². The molecule has 0 radical (unpaired) electrons. The summed E-state index contributed by atoms with van der Waals surface area (Å²) in [6, 6.07) is 0. The molecule has 0 aliphatic heterocycles. The van der Waals surface area contributed by atoms with Crippen LogP contribution in [0.1, 0.15) is 264 Å². The average Bonchev–Trinajstić information content (AvgIpc) is 3.15. The molecule has 1 unspecified atom stereocenters. The first-order chi connectivity index (χ1) is 25.7. The molecular formula is C48H94O4. The number of hydrogen-bond donors (Lipinski definition) is 1. The number of hydrogen-bond acceptors (Lipinski definition) is 4. The zero-order valence-electron chi connectivity index (χ0n) is 35.6. The molecule has 0 aliphatic carbocycles. The summed E-state index contributed by atoms with van der Waals surface area (Å²) < 4.78 is 11.2. The van der Waals surface area contributed by atoms with Crippen LogP contribution in [-0.4, -0.2) is 37.0 Å². The van der Waals surface area contributed by atoms with Crippen molar-refractivity contribution in [2.75, 3.05) is 19.8 Å². The van der Waals surface area contributed by atoms with Gasteiger partial charge in [-0.3, -0.25) is 4.79 Å². The van der Waals surface area contributed by atoms with Crippen molar-refractivity contribution in [3.63, 3.8) is 0 Å². The molecule has 4 nitrogen and oxygen atoms in total. The zero-order valence-corrected chi connectivity index (χ0v) is 35.6. The van der Waals surface area contributed by atoms with Crippen molar-refractivity contribution < 1.29 is 19.4 Å². The van der Waals surface area contributed by atoms with Gasteiger partial charge >= 0.3 is 5.97 Å². The summed E-state index contributed by atoms with van der Waals surface area (Å²) in [5, 5.41) is 9.63. The molecule has 0 aromatic heterocycles. The average molecular weight is 735 g/mol. The lowest BCUT2D eigenvalue weighted by Crippen LogP contribution is -2.27. The van der Waals surface area contributed by atoms with Gasteiger partial charge in [0, 0.05) is 13.0 Å². The van der Waals surface area contributed by atoms with E-state index in [1.807, 2.05) is 0 Å². The molecule has 0 spiro atoms. The highest BCUT2D eigenvalue weighted by molar-refractivity contribution is 5.69. The fourth-order valence-electron chi connectivity index (χ4n) is 7.27. The van der Waals surface area contributed by atoms with Crippen LogP contribution < -0.4 is 0 Å². The van der Waals surface area contributed by atoms with E-state index in [1.54, 1.807) is 0 Å². The summed E-state index contributed by atoms with van der Waals surface area (Å²) in [5.41, 5.74) is 0. The van der Waals surface area contributed by atoms with Crippen LogP contribution in [-0.2, 0) is 14.3 Å². The first-order valence-corrected chi connectivity index (χ1v) is 23.8. The van der Waals surface area contributed by atoms with Gasteiger partial charge in [0.15, 0.2) is 0 Å². The van der Waals surface area contributed by atoms with Crippen molar-refractivity contribution >= 4 is 5.97 Å². The molecule has 52 heavy (non-hydrogen) atoms. The highest BCUT2D eigenvalue weighted by atomic mass is 16.6. The van der Waals surface area contributed by atoms with E-state index in [4.69, 9.17) is 9.47 Å². The lowest BCUT2D eigenvalue weighted by molar-refractivity contribution is -0.154. The zero-order chi connectivity index (χ0) is 37.7. The molecule has 0 aromatic carbocycles. The molecule has 310 valence electrons. The number of ether oxygens (including phenoxy) is 2. The van der Waals surface area contributed by atoms with Crippen molar-refractivity contribution in [3.8, 4) is 0 Å². The van der Waals surface area contributed by atoms with Crippen molar-refractivity contribution in [2.45, 2.75) is 270 Å². The number of carbonyl (C=O) groups excluding carboxylic acids is 1. The van der Waals surface area contributed by atoms with Gasteiger partial charge in [-0.1, -0.05) is 231 Å². The minimum Gasteiger partial charge on any atom is -0.457 e. The van der Waals surface area contributed by atoms with Crippen molar-refractivity contribution in [2.24, 2.45) is 0 Å². The second-order valence-corrected chi connectivity index (χ2v) is 16.2. The Labute approximate surface area is 326 Å². The monoisotopic (exact) mass is 735 g/mol. The molecule has 0 aliphatic rings. The number of allylic oxidation sites excluding steroid dienone is 2. The maximum atomic E-state index is 12.2. The van der Waals surface area contributed by atoms with Crippen LogP contribution in [0, 0.1) is 0 Å². The molecule has 0 saturated heterocycles. The molecule has 0 heterocycles. The van der Waals surface area contributed by atoms with E-state index in [1.165, 1.54) is 225 Å². The van der Waals surface area contributed by atoms with Gasteiger partial charge in [0.2, 0.25) is 0 Å². The van der Waals surface area contributed by atoms with Gasteiger partial charge in [0.25, 0.3) is 0 Å². The van der Waals surface area contributed by atoms with Crippen LogP contribution >= 0.6 is 0 Å². The second-order valence-electron chi connectivity index (χ2n) is 16.2. The Morgan fingerprint density at radius 1 is 0.442 bits per heavy atom. The van der Waals surface area contributed by atoms with Gasteiger partial charge in [-0.05, 0) is 38.5 Å². The Kier molecular flexibility index (Phi) is 45.5. The van der Waals surface area contributed by atoms with Crippen LogP contribution in [0.5, 0.6) is 0 Å². The lowest BCUT2D eigenvalue weighted by Gasteiger charge is -2.16. The van der Waals surface area contributed by atoms with Gasteiger partial charge in [-0.2, -0.15) is 0 Å². The number of rotatable bonds is 45. The van der Waals surface area contributed by atoms with Gasteiger partial charge in [0.1, 0.15) is 6.10 Å². The molecule has 0 rings (SSSR count). The summed E-state index contributed by atoms with van der Waals surface area (Å²) in [6.07, 6.45) is 55.7. The predicted molar refractivity (Wildman–Crippen MR) is 228 cm³/mol. The van der Waals surface area contributed by atoms with Crippen LogP contribution in [0.3, 0.4) is 0 Å². The summed E-state index contributed by atoms with van der Waals surface area (Å²) in [6.45, 7) is 5.39. The third-order valence-corrected chi connectivity index (χ3v) is 10.8. The fraction of sp³-hybridized carbons (Fsp3) is 0.938. The summed E-state index contributed by atoms with van der Waals surface area (Å²) in [7, 11) is 0. The summed E-state index contributed by atoms with van der Waals surface area (Å²) in [4.78, 5) is 12.2. The molecular weight excluding hydrogens is 641 g/mol. The van der Waals surface area contributed by atoms with Crippen LogP contribution in [0.15, 0.2) is 12.2 Å². The van der Waals surface area contributed by atoms with E-state index in [0.29, 0.717) is 19.6 Å². The van der Waals surface area contributed by atoms with E-state index < -0.39 is 6.10 Å². The molecule has 1 atom stereocenters. The highest BCUT2D eigenvalue weighted by Gasteiger charge is 2.13. The molecule has 0 saturated carbocycles. The van der Waals surface area contributed by atoms with Gasteiger partial charge in [-0.15, -0.1) is 0 Å². The smallest absolute Gasteiger partial charge is 0.306 e. The minimum atomic E-state index is -0.530. The Morgan fingerprint density at radius 2 is 0.750 bits per heavy atom. The van der Waals surface area contributed by atoms with Crippen molar-refractivity contribution in [1.29, 1.82) is 0 Å². The molecule has 1 N–H and O–H groups in total. The number of aliphatic hydroxyl groups excluding tert-OH is 1. The largest absolute Gasteiger partial charge is 0.457 e. The Balaban J connectivity index is 3.36. The van der Waals surface area contributed by atoms with E-state index in [9.17, 15) is 9.90 Å². The Hall–Kier alpha value is -0.870. The van der Waals surface area contributed by atoms with E-state index in [0.717, 1.165) is 19.3 Å². The van der Waals surface area contributed by atoms with E-state index in [-0.39, 0.29) is 12.6 Å². The number of unbranched alkanes of at least 4 members (excludes halogenated alkanes) is 35. The Morgan fingerprint density at radius 3 is 1.10 bits per heavy atom. The van der Waals surface area contributed by atoms with Gasteiger partial charge < -0.3 is 14.6 Å². The predicted octanol–water partition coefficient (Wildman–Crippen LogP) is 15.7. The quantitative estimate of drug-likeness (QED) is 0.0384. The molecule has 0 fully saturated rings. The van der Waals surface area contributed by atoms with Crippen LogP contribution in [0.25, 0.3) is 0 Å². The highest BCUT2D eigenvalue weighted by Crippen LogP contribution is 2.16. The Bertz CT molecular complexity index is 692. The number of carbonyl (C=O) groups is 1. The van der Waals surface area contributed by atoms with Gasteiger partial charge in [0.05, 0.1) is 13.2 Å². The minimum absolute atomic E-state index is 0.167. The maximum Gasteiger partial charge on any atom is 0.306 e. The molecule has 0 amide bonds. The number of aliphatic hydroxyl groups is 1. The maximum absolute atomic E-state index is 12.2. The molecule has 0 bridgehead atoms. The summed E-state index contributed by atoms with van der Waals surface area (Å²) in [5.74, 6) is -0.194. The topological polar surface area (TPSA) is 55.8 Å². The SMILES string of the molecule is CCCCCCCCC/C=C\CCCCCCCCCCOCC(CO)OC(=O)CCCCCCCCCCCCCCCCCCCCCCC.